The number of carbonyl (C=O) groups is 2. The van der Waals surface area contributed by atoms with E-state index >= 15 is 0 Å². The van der Waals surface area contributed by atoms with Crippen molar-refractivity contribution in [1.82, 2.24) is 0 Å². The summed E-state index contributed by atoms with van der Waals surface area (Å²) in [4.78, 5) is 23.2. The van der Waals surface area contributed by atoms with Crippen LogP contribution in [0.2, 0.25) is 0 Å². The molecular formula is C12H12BF2NO4. The summed E-state index contributed by atoms with van der Waals surface area (Å²) in [7, 11) is 1.69. The van der Waals surface area contributed by atoms with Crippen molar-refractivity contribution in [3.8, 4) is 0 Å². The van der Waals surface area contributed by atoms with Crippen LogP contribution in [-0.4, -0.2) is 43.2 Å². The molecule has 2 aliphatic heterocycles. The highest BCUT2D eigenvalue weighted by atomic mass is 19.3. The van der Waals surface area contributed by atoms with Crippen LogP contribution in [-0.2, 0) is 18.9 Å². The van der Waals surface area contributed by atoms with Gasteiger partial charge in [0.25, 0.3) is 6.43 Å². The molecule has 5 nitrogen and oxygen atoms in total. The van der Waals surface area contributed by atoms with Crippen LogP contribution in [0.15, 0.2) is 24.3 Å². The molecule has 106 valence electrons. The molecule has 0 aromatic heterocycles. The standard InChI is InChI=1S/C12H12BF2NO4/c1-16-6-10(17)19-13(16,20-11(18)7-16)9-4-2-8(3-5-9)12(14)15/h2-5,12H,6-7H2,1H3. The lowest BCUT2D eigenvalue weighted by molar-refractivity contribution is -0.791. The zero-order valence-electron chi connectivity index (χ0n) is 10.7. The minimum Gasteiger partial charge on any atom is -0.596 e. The van der Waals surface area contributed by atoms with E-state index in [4.69, 9.17) is 9.31 Å². The maximum absolute atomic E-state index is 12.6. The highest BCUT2D eigenvalue weighted by Gasteiger charge is 2.66. The third-order valence-electron chi connectivity index (χ3n) is 3.99. The molecule has 0 atom stereocenters. The molecule has 0 aliphatic carbocycles. The molecule has 0 N–H and O–H groups in total. The van der Waals surface area contributed by atoms with Crippen molar-refractivity contribution in [3.05, 3.63) is 29.8 Å². The van der Waals surface area contributed by atoms with E-state index in [1.807, 2.05) is 0 Å². The summed E-state index contributed by atoms with van der Waals surface area (Å²) in [6.07, 6.45) is -2.58. The van der Waals surface area contributed by atoms with Gasteiger partial charge in [-0.05, 0) is 0 Å². The fourth-order valence-corrected chi connectivity index (χ4v) is 2.98. The van der Waals surface area contributed by atoms with Crippen molar-refractivity contribution in [1.29, 1.82) is 0 Å². The Labute approximate surface area is 113 Å². The highest BCUT2D eigenvalue weighted by Crippen LogP contribution is 2.33. The predicted molar refractivity (Wildman–Crippen MR) is 64.9 cm³/mol. The van der Waals surface area contributed by atoms with Gasteiger partial charge in [-0.2, -0.15) is 0 Å². The second-order valence-corrected chi connectivity index (χ2v) is 5.41. The van der Waals surface area contributed by atoms with Gasteiger partial charge < -0.3 is 13.7 Å². The summed E-state index contributed by atoms with van der Waals surface area (Å²) in [6.45, 7) is -2.27. The Morgan fingerprint density at radius 1 is 1.10 bits per heavy atom. The van der Waals surface area contributed by atoms with E-state index in [0.29, 0.717) is 5.46 Å². The number of likely N-dealkylation sites (N-methyl/N-ethyl adjacent to an activating group) is 1. The van der Waals surface area contributed by atoms with Crippen molar-refractivity contribution >= 4 is 24.1 Å². The Morgan fingerprint density at radius 3 is 2.05 bits per heavy atom. The molecule has 20 heavy (non-hydrogen) atoms. The zero-order chi connectivity index (χ0) is 14.5. The first-order valence-corrected chi connectivity index (χ1v) is 6.17. The van der Waals surface area contributed by atoms with Crippen molar-refractivity contribution in [2.45, 2.75) is 6.43 Å². The van der Waals surface area contributed by atoms with E-state index in [1.54, 1.807) is 7.05 Å². The van der Waals surface area contributed by atoms with Gasteiger partial charge in [0.05, 0.1) is 0 Å². The van der Waals surface area contributed by atoms with E-state index < -0.39 is 25.1 Å². The van der Waals surface area contributed by atoms with Crippen molar-refractivity contribution in [2.24, 2.45) is 0 Å². The van der Waals surface area contributed by atoms with Crippen LogP contribution < -0.4 is 5.46 Å². The zero-order valence-corrected chi connectivity index (χ0v) is 10.7. The summed E-state index contributed by atoms with van der Waals surface area (Å²) in [5.74, 6) is -0.920. The van der Waals surface area contributed by atoms with Gasteiger partial charge in [0.1, 0.15) is 13.1 Å². The van der Waals surface area contributed by atoms with Crippen LogP contribution in [0.5, 0.6) is 0 Å². The lowest BCUT2D eigenvalue weighted by atomic mass is 9.61. The molecule has 3 rings (SSSR count). The Morgan fingerprint density at radius 2 is 1.60 bits per heavy atom. The highest BCUT2D eigenvalue weighted by molar-refractivity contribution is 6.79. The molecule has 2 fully saturated rings. The van der Waals surface area contributed by atoms with Gasteiger partial charge >= 0.3 is 18.6 Å². The lowest BCUT2D eigenvalue weighted by Crippen LogP contribution is -2.67. The second-order valence-electron chi connectivity index (χ2n) is 5.41. The van der Waals surface area contributed by atoms with Gasteiger partial charge in [0.2, 0.25) is 0 Å². The number of benzene rings is 1. The van der Waals surface area contributed by atoms with Gasteiger partial charge in [-0.1, -0.05) is 29.7 Å². The number of nitrogens with zero attached hydrogens (tertiary/aromatic N) is 1. The van der Waals surface area contributed by atoms with Gasteiger partial charge in [-0.3, -0.25) is 9.59 Å². The van der Waals surface area contributed by atoms with E-state index in [9.17, 15) is 18.4 Å². The first-order chi connectivity index (χ1) is 9.36. The maximum Gasteiger partial charge on any atom is 0.614 e. The number of halogens is 2. The van der Waals surface area contributed by atoms with Crippen LogP contribution >= 0.6 is 0 Å². The molecule has 2 heterocycles. The Bertz CT molecular complexity index is 570. The second kappa shape index (κ2) is 4.02. The fraction of sp³-hybridized carbons (Fsp3) is 0.333. The van der Waals surface area contributed by atoms with Crippen LogP contribution in [0.25, 0.3) is 0 Å². The van der Waals surface area contributed by atoms with E-state index in [2.05, 4.69) is 0 Å². The molecule has 0 unspecified atom stereocenters. The first-order valence-electron chi connectivity index (χ1n) is 6.17. The molecule has 0 saturated carbocycles. The summed E-state index contributed by atoms with van der Waals surface area (Å²) in [5, 5.41) is 0. The lowest BCUT2D eigenvalue weighted by Gasteiger charge is -2.40. The molecule has 2 saturated heterocycles. The normalized spacial score (nSPS) is 32.2. The summed E-state index contributed by atoms with van der Waals surface area (Å²) < 4.78 is 35.7. The summed E-state index contributed by atoms with van der Waals surface area (Å²) >= 11 is 0. The molecule has 0 bridgehead atoms. The SMILES string of the molecule is C[N+]12CC(=O)O[B-]1(c1ccc(C(F)F)cc1)OC(=O)C2. The van der Waals surface area contributed by atoms with Crippen molar-refractivity contribution in [3.63, 3.8) is 0 Å². The Kier molecular flexibility index (Phi) is 2.62. The smallest absolute Gasteiger partial charge is 0.596 e. The van der Waals surface area contributed by atoms with Gasteiger partial charge in [0, 0.05) is 12.6 Å². The van der Waals surface area contributed by atoms with Crippen LogP contribution in [0, 0.1) is 0 Å². The number of hydrogen-bond acceptors (Lipinski definition) is 4. The minimum absolute atomic E-state index is 0.00565. The molecular weight excluding hydrogens is 271 g/mol. The molecule has 8 heteroatoms. The van der Waals surface area contributed by atoms with Crippen molar-refractivity contribution in [2.75, 3.05) is 20.1 Å². The molecule has 1 aromatic rings. The van der Waals surface area contributed by atoms with E-state index in [-0.39, 0.29) is 23.0 Å². The third kappa shape index (κ3) is 1.64. The average Bonchev–Trinajstić information content (AvgIpc) is 2.73. The van der Waals surface area contributed by atoms with Gasteiger partial charge in [-0.25, -0.2) is 8.78 Å². The number of quaternary nitrogens is 1. The number of carbonyl (C=O) groups excluding carboxylic acids is 2. The van der Waals surface area contributed by atoms with Crippen molar-refractivity contribution < 1.29 is 32.1 Å². The number of rotatable bonds is 2. The molecule has 1 aromatic carbocycles. The molecule has 0 spiro atoms. The van der Waals surface area contributed by atoms with Crippen LogP contribution in [0.4, 0.5) is 8.78 Å². The van der Waals surface area contributed by atoms with E-state index in [0.717, 1.165) is 0 Å². The average molecular weight is 283 g/mol. The fourth-order valence-electron chi connectivity index (χ4n) is 2.98. The van der Waals surface area contributed by atoms with Crippen LogP contribution in [0.3, 0.4) is 0 Å². The first kappa shape index (κ1) is 13.0. The monoisotopic (exact) mass is 283 g/mol. The molecule has 2 aliphatic rings. The number of alkyl halides is 2. The summed E-state index contributed by atoms with van der Waals surface area (Å²) in [6, 6.07) is 5.35. The van der Waals surface area contributed by atoms with Gasteiger partial charge in [-0.15, -0.1) is 0 Å². The predicted octanol–water partition coefficient (Wildman–Crippen LogP) is 0.330. The maximum atomic E-state index is 12.6. The quantitative estimate of drug-likeness (QED) is 0.734. The molecule has 0 amide bonds. The van der Waals surface area contributed by atoms with E-state index in [1.165, 1.54) is 24.3 Å². The van der Waals surface area contributed by atoms with Crippen LogP contribution in [0.1, 0.15) is 12.0 Å². The third-order valence-corrected chi connectivity index (χ3v) is 3.99. The summed E-state index contributed by atoms with van der Waals surface area (Å²) in [5.41, 5.74) is 0.303. The number of fused-ring (bicyclic) bond motifs is 1. The number of hydrogen-bond donors (Lipinski definition) is 0. The minimum atomic E-state index is -2.58. The molecule has 0 radical (unpaired) electrons. The van der Waals surface area contributed by atoms with Gasteiger partial charge in [0.15, 0.2) is 0 Å². The Balaban J connectivity index is 2.06. The topological polar surface area (TPSA) is 52.6 Å². The largest absolute Gasteiger partial charge is 0.614 e. The Hall–Kier alpha value is -1.96.